The molecule has 4 unspecified atom stereocenters. The molecule has 1 heteroatoms. The lowest BCUT2D eigenvalue weighted by Gasteiger charge is -2.60. The van der Waals surface area contributed by atoms with Crippen molar-refractivity contribution in [3.63, 3.8) is 0 Å². The van der Waals surface area contributed by atoms with E-state index in [1.54, 1.807) is 0 Å². The predicted molar refractivity (Wildman–Crippen MR) is 91.4 cm³/mol. The third-order valence-electron chi connectivity index (χ3n) is 9.00. The van der Waals surface area contributed by atoms with Gasteiger partial charge in [0.25, 0.3) is 0 Å². The molecule has 1 N–H and O–H groups in total. The van der Waals surface area contributed by atoms with Gasteiger partial charge in [-0.1, -0.05) is 19.9 Å². The Bertz CT molecular complexity index is 457. The zero-order chi connectivity index (χ0) is 15.5. The molecule has 0 aliphatic heterocycles. The number of allylic oxidation sites excluding steroid dienone is 1. The maximum Gasteiger partial charge on any atom is 0.0543 e. The molecule has 4 rings (SSSR count). The Balaban J connectivity index is 1.62. The van der Waals surface area contributed by atoms with Crippen molar-refractivity contribution in [2.45, 2.75) is 77.7 Å². The fourth-order valence-corrected chi connectivity index (χ4v) is 7.66. The molecule has 4 fully saturated rings. The third kappa shape index (κ3) is 1.93. The minimum Gasteiger partial charge on any atom is -0.393 e. The van der Waals surface area contributed by atoms with Crippen LogP contribution in [0.25, 0.3) is 0 Å². The summed E-state index contributed by atoms with van der Waals surface area (Å²) in [6.45, 7) is 9.30. The van der Waals surface area contributed by atoms with Crippen molar-refractivity contribution in [2.24, 2.45) is 40.4 Å². The topological polar surface area (TPSA) is 20.2 Å². The molecule has 4 saturated carbocycles. The summed E-state index contributed by atoms with van der Waals surface area (Å²) in [5.74, 6) is 4.38. The molecular weight excluding hydrogens is 268 g/mol. The lowest BCUT2D eigenvalue weighted by molar-refractivity contribution is -0.124. The van der Waals surface area contributed by atoms with E-state index in [2.05, 4.69) is 26.5 Å². The first-order valence-electron chi connectivity index (χ1n) is 9.79. The van der Waals surface area contributed by atoms with Gasteiger partial charge in [-0.15, -0.1) is 6.58 Å². The van der Waals surface area contributed by atoms with E-state index in [1.807, 2.05) is 0 Å². The van der Waals surface area contributed by atoms with E-state index in [4.69, 9.17) is 0 Å². The first-order chi connectivity index (χ1) is 10.5. The standard InChI is InChI=1S/C21H34O/c1-4-14-6-8-18-17-7-5-15-13-16(22)9-11-21(15,3)19(17)10-12-20(14,18)2/h4,14-19,22H,1,5-13H2,2-3H3/t14-,15?,16-,17?,18?,19?,20+,21-/m0/s1. The molecule has 0 spiro atoms. The van der Waals surface area contributed by atoms with Crippen molar-refractivity contribution in [3.05, 3.63) is 12.7 Å². The third-order valence-corrected chi connectivity index (χ3v) is 9.00. The van der Waals surface area contributed by atoms with Crippen LogP contribution in [0.3, 0.4) is 0 Å². The van der Waals surface area contributed by atoms with Crippen LogP contribution in [0.15, 0.2) is 12.7 Å². The molecule has 8 atom stereocenters. The summed E-state index contributed by atoms with van der Waals surface area (Å²) in [6.07, 6.45) is 14.1. The van der Waals surface area contributed by atoms with E-state index < -0.39 is 0 Å². The van der Waals surface area contributed by atoms with Gasteiger partial charge < -0.3 is 5.11 Å². The average Bonchev–Trinajstić information content (AvgIpc) is 2.84. The maximum atomic E-state index is 10.1. The van der Waals surface area contributed by atoms with Gasteiger partial charge in [0.05, 0.1) is 6.10 Å². The van der Waals surface area contributed by atoms with E-state index in [-0.39, 0.29) is 6.10 Å². The minimum absolute atomic E-state index is 0.0138. The Morgan fingerprint density at radius 3 is 2.41 bits per heavy atom. The first kappa shape index (κ1) is 15.2. The zero-order valence-electron chi connectivity index (χ0n) is 14.6. The second-order valence-corrected chi connectivity index (χ2v) is 9.55. The molecule has 124 valence electrons. The van der Waals surface area contributed by atoms with Crippen molar-refractivity contribution in [1.29, 1.82) is 0 Å². The molecule has 0 aromatic rings. The highest BCUT2D eigenvalue weighted by Crippen LogP contribution is 2.67. The highest BCUT2D eigenvalue weighted by Gasteiger charge is 2.59. The van der Waals surface area contributed by atoms with Crippen LogP contribution in [0, 0.1) is 40.4 Å². The first-order valence-corrected chi connectivity index (χ1v) is 9.79. The summed E-state index contributed by atoms with van der Waals surface area (Å²) in [5, 5.41) is 10.1. The lowest BCUT2D eigenvalue weighted by Crippen LogP contribution is -2.53. The molecule has 0 aromatic heterocycles. The highest BCUT2D eigenvalue weighted by molar-refractivity contribution is 5.11. The molecule has 0 saturated heterocycles. The van der Waals surface area contributed by atoms with Gasteiger partial charge in [-0.3, -0.25) is 0 Å². The highest BCUT2D eigenvalue weighted by atomic mass is 16.3. The summed E-state index contributed by atoms with van der Waals surface area (Å²) >= 11 is 0. The zero-order valence-corrected chi connectivity index (χ0v) is 14.6. The van der Waals surface area contributed by atoms with Crippen molar-refractivity contribution in [2.75, 3.05) is 0 Å². The summed E-state index contributed by atoms with van der Waals surface area (Å²) < 4.78 is 0. The fraction of sp³-hybridized carbons (Fsp3) is 0.905. The van der Waals surface area contributed by atoms with Crippen molar-refractivity contribution < 1.29 is 5.11 Å². The number of rotatable bonds is 1. The van der Waals surface area contributed by atoms with Gasteiger partial charge in [0, 0.05) is 0 Å². The van der Waals surface area contributed by atoms with Crippen LogP contribution in [0.5, 0.6) is 0 Å². The Morgan fingerprint density at radius 2 is 1.64 bits per heavy atom. The second kappa shape index (κ2) is 5.10. The Kier molecular flexibility index (Phi) is 3.53. The Hall–Kier alpha value is -0.300. The monoisotopic (exact) mass is 302 g/mol. The molecule has 0 amide bonds. The molecule has 0 bridgehead atoms. The van der Waals surface area contributed by atoms with Crippen molar-refractivity contribution >= 4 is 0 Å². The Morgan fingerprint density at radius 1 is 0.909 bits per heavy atom. The summed E-state index contributed by atoms with van der Waals surface area (Å²) in [7, 11) is 0. The van der Waals surface area contributed by atoms with Gasteiger partial charge in [-0.25, -0.2) is 0 Å². The molecule has 0 heterocycles. The molecule has 1 nitrogen and oxygen atoms in total. The van der Waals surface area contributed by atoms with Crippen LogP contribution in [0.2, 0.25) is 0 Å². The van der Waals surface area contributed by atoms with Crippen LogP contribution in [-0.4, -0.2) is 11.2 Å². The molecule has 22 heavy (non-hydrogen) atoms. The smallest absolute Gasteiger partial charge is 0.0543 e. The molecule has 0 aromatic carbocycles. The summed E-state index contributed by atoms with van der Waals surface area (Å²) in [6, 6.07) is 0. The fourth-order valence-electron chi connectivity index (χ4n) is 7.66. The normalized spacial score (nSPS) is 57.6. The number of aliphatic hydroxyl groups is 1. The lowest BCUT2D eigenvalue weighted by atomic mass is 9.44. The van der Waals surface area contributed by atoms with Gasteiger partial charge in [0.2, 0.25) is 0 Å². The molecule has 4 aliphatic rings. The number of fused-ring (bicyclic) bond motifs is 5. The van der Waals surface area contributed by atoms with Crippen LogP contribution < -0.4 is 0 Å². The largest absolute Gasteiger partial charge is 0.393 e. The van der Waals surface area contributed by atoms with E-state index in [1.165, 1.54) is 44.9 Å². The number of hydrogen-bond acceptors (Lipinski definition) is 1. The second-order valence-electron chi connectivity index (χ2n) is 9.55. The summed E-state index contributed by atoms with van der Waals surface area (Å²) in [4.78, 5) is 0. The Labute approximate surface area is 136 Å². The van der Waals surface area contributed by atoms with E-state index >= 15 is 0 Å². The quantitative estimate of drug-likeness (QED) is 0.661. The van der Waals surface area contributed by atoms with Crippen LogP contribution in [-0.2, 0) is 0 Å². The number of aliphatic hydroxyl groups excluding tert-OH is 1. The van der Waals surface area contributed by atoms with Crippen molar-refractivity contribution in [1.82, 2.24) is 0 Å². The van der Waals surface area contributed by atoms with E-state index in [0.29, 0.717) is 10.8 Å². The van der Waals surface area contributed by atoms with Gasteiger partial charge in [-0.05, 0) is 98.2 Å². The predicted octanol–water partition coefficient (Wildman–Crippen LogP) is 5.19. The maximum absolute atomic E-state index is 10.1. The van der Waals surface area contributed by atoms with E-state index in [9.17, 15) is 5.11 Å². The average molecular weight is 303 g/mol. The van der Waals surface area contributed by atoms with Crippen LogP contribution in [0.4, 0.5) is 0 Å². The van der Waals surface area contributed by atoms with Gasteiger partial charge in [0.1, 0.15) is 0 Å². The van der Waals surface area contributed by atoms with Crippen LogP contribution >= 0.6 is 0 Å². The van der Waals surface area contributed by atoms with Crippen molar-refractivity contribution in [3.8, 4) is 0 Å². The SMILES string of the molecule is C=C[C@H]1CCC2C3CCC4C[C@@H](O)CC[C@]4(C)C3CC[C@@]21C. The van der Waals surface area contributed by atoms with E-state index in [0.717, 1.165) is 42.4 Å². The summed E-state index contributed by atoms with van der Waals surface area (Å²) in [5.41, 5.74) is 1.07. The number of hydrogen-bond donors (Lipinski definition) is 1. The minimum atomic E-state index is -0.0138. The molecular formula is C21H34O. The van der Waals surface area contributed by atoms with Gasteiger partial charge in [-0.2, -0.15) is 0 Å². The molecule has 4 aliphatic carbocycles. The molecule has 0 radical (unpaired) electrons. The van der Waals surface area contributed by atoms with Gasteiger partial charge >= 0.3 is 0 Å². The van der Waals surface area contributed by atoms with Gasteiger partial charge in [0.15, 0.2) is 0 Å². The van der Waals surface area contributed by atoms with Crippen LogP contribution in [0.1, 0.15) is 71.6 Å².